The van der Waals surface area contributed by atoms with Gasteiger partial charge in [-0.3, -0.25) is 4.79 Å². The molecule has 4 aliphatic rings. The molecule has 2 saturated carbocycles. The first-order valence-corrected chi connectivity index (χ1v) is 16.4. The van der Waals surface area contributed by atoms with E-state index < -0.39 is 52.1 Å². The lowest BCUT2D eigenvalue weighted by molar-refractivity contribution is -0.233. The van der Waals surface area contributed by atoms with Crippen molar-refractivity contribution in [3.05, 3.63) is 23.5 Å². The van der Waals surface area contributed by atoms with Gasteiger partial charge in [-0.15, -0.1) is 0 Å². The number of hydrogen-bond donors (Lipinski definition) is 2. The number of halogens is 1. The number of alkyl halides is 1. The molecule has 7 heteroatoms. The molecule has 6 nitrogen and oxygen atoms in total. The maximum absolute atomic E-state index is 17.7. The van der Waals surface area contributed by atoms with Gasteiger partial charge in [-0.2, -0.15) is 0 Å². The molecule has 0 aromatic rings. The molecule has 0 radical (unpaired) electrons. The molecule has 0 heterocycles. The highest BCUT2D eigenvalue weighted by Crippen LogP contribution is 2.70. The van der Waals surface area contributed by atoms with E-state index in [1.54, 1.807) is 0 Å². The van der Waals surface area contributed by atoms with E-state index in [0.29, 0.717) is 45.5 Å². The standard InChI is InChI=1S/C34H55FO6/c1-7-10-17-39-25-15-16-31(5)24(21-25)13-14-26-27-20-23(4)34(38,32(27,6)22-28(36)33(26,31)35)29(37)30(40-18-11-8-2)41-19-12-9-3/h13,21,23,26-28,30,36,38H,7-12,14-20,22H2,1-6H3/t23-,26-,27-,28-,31-,32-,33-,34-/m0/s1. The maximum atomic E-state index is 17.7. The van der Waals surface area contributed by atoms with Crippen LogP contribution in [0.25, 0.3) is 0 Å². The predicted molar refractivity (Wildman–Crippen MR) is 158 cm³/mol. The zero-order valence-corrected chi connectivity index (χ0v) is 26.3. The fourth-order valence-electron chi connectivity index (χ4n) is 8.68. The van der Waals surface area contributed by atoms with Gasteiger partial charge in [0.25, 0.3) is 0 Å². The second-order valence-corrected chi connectivity index (χ2v) is 13.7. The molecular formula is C34H55FO6. The number of rotatable bonds is 14. The number of carbonyl (C=O) groups is 1. The molecule has 2 N–H and O–H groups in total. The van der Waals surface area contributed by atoms with Crippen LogP contribution in [0.4, 0.5) is 4.39 Å². The molecule has 0 unspecified atom stereocenters. The van der Waals surface area contributed by atoms with Crippen molar-refractivity contribution < 1.29 is 33.6 Å². The van der Waals surface area contributed by atoms with Gasteiger partial charge in [-0.25, -0.2) is 4.39 Å². The lowest BCUT2D eigenvalue weighted by Gasteiger charge is -2.62. The maximum Gasteiger partial charge on any atom is 0.220 e. The molecule has 0 amide bonds. The van der Waals surface area contributed by atoms with Crippen LogP contribution in [0.15, 0.2) is 23.5 Å². The van der Waals surface area contributed by atoms with Gasteiger partial charge in [0.2, 0.25) is 12.1 Å². The molecule has 41 heavy (non-hydrogen) atoms. The highest BCUT2D eigenvalue weighted by Gasteiger charge is 2.76. The Hall–Kier alpha value is -1.28. The minimum Gasteiger partial charge on any atom is -0.498 e. The van der Waals surface area contributed by atoms with Gasteiger partial charge in [0.15, 0.2) is 0 Å². The van der Waals surface area contributed by atoms with Crippen molar-refractivity contribution in [3.8, 4) is 0 Å². The average Bonchev–Trinajstić information content (AvgIpc) is 3.14. The summed E-state index contributed by atoms with van der Waals surface area (Å²) in [5.74, 6) is -0.785. The van der Waals surface area contributed by atoms with Crippen LogP contribution in [-0.4, -0.2) is 59.5 Å². The highest BCUT2D eigenvalue weighted by atomic mass is 19.1. The molecule has 4 rings (SSSR count). The monoisotopic (exact) mass is 578 g/mol. The van der Waals surface area contributed by atoms with Crippen molar-refractivity contribution in [2.75, 3.05) is 19.8 Å². The molecule has 0 bridgehead atoms. The summed E-state index contributed by atoms with van der Waals surface area (Å²) in [5, 5.41) is 24.2. The average molecular weight is 579 g/mol. The molecule has 0 aromatic heterocycles. The van der Waals surface area contributed by atoms with Crippen molar-refractivity contribution >= 4 is 5.78 Å². The fraction of sp³-hybridized carbons (Fsp3) is 0.853. The van der Waals surface area contributed by atoms with Crippen LogP contribution in [0.5, 0.6) is 0 Å². The second kappa shape index (κ2) is 12.8. The molecule has 234 valence electrons. The summed E-state index contributed by atoms with van der Waals surface area (Å²) in [7, 11) is 0. The number of fused-ring (bicyclic) bond motifs is 5. The minimum absolute atomic E-state index is 0.0142. The first-order chi connectivity index (χ1) is 19.4. The third-order valence-electron chi connectivity index (χ3n) is 11.3. The summed E-state index contributed by atoms with van der Waals surface area (Å²) in [5.41, 5.74) is -4.62. The van der Waals surface area contributed by atoms with Crippen LogP contribution in [0, 0.1) is 28.6 Å². The SMILES string of the molecule is CCCCOC1=CC2=CC[C@H]3[C@@H]4C[C@H](C)[C@](O)(C(=O)C(OCCCC)OCCCC)[C@@]4(C)C[C@H](O)[C@]3(F)[C@@]2(C)CC1. The Morgan fingerprint density at radius 1 is 1.05 bits per heavy atom. The van der Waals surface area contributed by atoms with Crippen LogP contribution >= 0.6 is 0 Å². The topological polar surface area (TPSA) is 85.2 Å². The molecule has 0 aromatic carbocycles. The molecule has 0 aliphatic heterocycles. The zero-order chi connectivity index (χ0) is 30.1. The molecule has 4 aliphatic carbocycles. The Morgan fingerprint density at radius 3 is 2.27 bits per heavy atom. The van der Waals surface area contributed by atoms with Gasteiger partial charge in [-0.1, -0.05) is 66.9 Å². The van der Waals surface area contributed by atoms with Crippen LogP contribution in [0.2, 0.25) is 0 Å². The number of ketones is 1. The molecule has 8 atom stereocenters. The van der Waals surface area contributed by atoms with Crippen LogP contribution < -0.4 is 0 Å². The predicted octanol–water partition coefficient (Wildman–Crippen LogP) is 6.83. The normalized spacial score (nSPS) is 40.0. The summed E-state index contributed by atoms with van der Waals surface area (Å²) in [4.78, 5) is 14.2. The Labute approximate surface area is 247 Å². The lowest BCUT2D eigenvalue weighted by Crippen LogP contribution is -2.69. The Balaban J connectivity index is 1.65. The first-order valence-electron chi connectivity index (χ1n) is 16.4. The van der Waals surface area contributed by atoms with Crippen molar-refractivity contribution in [1.82, 2.24) is 0 Å². The number of carbonyl (C=O) groups excluding carboxylic acids is 1. The summed E-state index contributed by atoms with van der Waals surface area (Å²) >= 11 is 0. The van der Waals surface area contributed by atoms with Gasteiger partial charge in [0.1, 0.15) is 11.3 Å². The van der Waals surface area contributed by atoms with Crippen molar-refractivity contribution in [1.29, 1.82) is 0 Å². The van der Waals surface area contributed by atoms with Crippen LogP contribution in [0.3, 0.4) is 0 Å². The number of hydrogen-bond acceptors (Lipinski definition) is 6. The lowest BCUT2D eigenvalue weighted by atomic mass is 9.45. The van der Waals surface area contributed by atoms with Gasteiger partial charge in [0, 0.05) is 23.2 Å². The highest BCUT2D eigenvalue weighted by molar-refractivity contribution is 5.92. The quantitative estimate of drug-likeness (QED) is 0.174. The van der Waals surface area contributed by atoms with Gasteiger partial charge in [0.05, 0.1) is 31.7 Å². The largest absolute Gasteiger partial charge is 0.498 e. The minimum atomic E-state index is -1.87. The summed E-state index contributed by atoms with van der Waals surface area (Å²) in [6.45, 7) is 13.4. The summed E-state index contributed by atoms with van der Waals surface area (Å²) in [6, 6.07) is 0. The van der Waals surface area contributed by atoms with E-state index in [2.05, 4.69) is 26.8 Å². The number of aliphatic hydroxyl groups is 2. The van der Waals surface area contributed by atoms with E-state index in [4.69, 9.17) is 14.2 Å². The third kappa shape index (κ3) is 5.25. The molecule has 2 fully saturated rings. The third-order valence-corrected chi connectivity index (χ3v) is 11.3. The number of aliphatic hydroxyl groups excluding tert-OH is 1. The first kappa shape index (κ1) is 32.6. The Morgan fingerprint density at radius 2 is 1.66 bits per heavy atom. The van der Waals surface area contributed by atoms with E-state index in [9.17, 15) is 15.0 Å². The van der Waals surface area contributed by atoms with Gasteiger partial charge >= 0.3 is 0 Å². The number of unbranched alkanes of at least 4 members (excludes halogenated alkanes) is 3. The molecule has 0 saturated heterocycles. The fourth-order valence-corrected chi connectivity index (χ4v) is 8.68. The Bertz CT molecular complexity index is 986. The molecular weight excluding hydrogens is 523 g/mol. The molecule has 0 spiro atoms. The number of allylic oxidation sites excluding steroid dienone is 4. The van der Waals surface area contributed by atoms with Crippen molar-refractivity contribution in [3.63, 3.8) is 0 Å². The van der Waals surface area contributed by atoms with Gasteiger partial charge < -0.3 is 24.4 Å². The number of ether oxygens (including phenoxy) is 3. The van der Waals surface area contributed by atoms with Crippen molar-refractivity contribution in [2.45, 2.75) is 136 Å². The summed E-state index contributed by atoms with van der Waals surface area (Å²) in [6.07, 6.45) is 9.25. The van der Waals surface area contributed by atoms with E-state index in [1.165, 1.54) is 0 Å². The van der Waals surface area contributed by atoms with E-state index >= 15 is 4.39 Å². The smallest absolute Gasteiger partial charge is 0.220 e. The number of Topliss-reactive ketones (excluding diaryl/α,β-unsaturated/α-hetero) is 1. The second-order valence-electron chi connectivity index (χ2n) is 13.7. The Kier molecular flexibility index (Phi) is 10.2. The van der Waals surface area contributed by atoms with E-state index in [1.807, 2.05) is 26.8 Å². The van der Waals surface area contributed by atoms with Crippen LogP contribution in [-0.2, 0) is 19.0 Å². The summed E-state index contributed by atoms with van der Waals surface area (Å²) < 4.78 is 35.6. The van der Waals surface area contributed by atoms with E-state index in [0.717, 1.165) is 49.9 Å². The van der Waals surface area contributed by atoms with Gasteiger partial charge in [-0.05, 0) is 68.4 Å². The zero-order valence-electron chi connectivity index (χ0n) is 26.3. The van der Waals surface area contributed by atoms with Crippen LogP contribution in [0.1, 0.15) is 112 Å². The van der Waals surface area contributed by atoms with Crippen molar-refractivity contribution in [2.24, 2.45) is 28.6 Å². The van der Waals surface area contributed by atoms with E-state index in [-0.39, 0.29) is 12.3 Å².